The van der Waals surface area contributed by atoms with Crippen LogP contribution in [0, 0.1) is 10.1 Å². The number of nitro benzene ring substituents is 1. The van der Waals surface area contributed by atoms with E-state index < -0.39 is 10.9 Å². The van der Waals surface area contributed by atoms with Crippen LogP contribution in [0.25, 0.3) is 0 Å². The van der Waals surface area contributed by atoms with Crippen molar-refractivity contribution in [3.8, 4) is 5.75 Å². The number of non-ortho nitro benzene ring substituents is 1. The van der Waals surface area contributed by atoms with Gasteiger partial charge in [-0.25, -0.2) is 0 Å². The molecular formula is C11H14N2O5. The molecule has 0 aliphatic rings. The largest absolute Gasteiger partial charge is 0.496 e. The van der Waals surface area contributed by atoms with Crippen LogP contribution in [0.2, 0.25) is 0 Å². The molecule has 7 nitrogen and oxygen atoms in total. The summed E-state index contributed by atoms with van der Waals surface area (Å²) in [7, 11) is 1.41. The zero-order valence-corrected chi connectivity index (χ0v) is 10.0. The molecule has 0 aliphatic heterocycles. The van der Waals surface area contributed by atoms with Crippen LogP contribution in [0.5, 0.6) is 5.75 Å². The maximum absolute atomic E-state index is 10.7. The number of hydrogen-bond donors (Lipinski definition) is 2. The molecule has 0 heterocycles. The molecule has 0 saturated carbocycles. The molecule has 0 aromatic heterocycles. The first-order valence-electron chi connectivity index (χ1n) is 5.24. The maximum atomic E-state index is 10.7. The van der Waals surface area contributed by atoms with Crippen molar-refractivity contribution in [3.63, 3.8) is 0 Å². The van der Waals surface area contributed by atoms with Crippen LogP contribution < -0.4 is 10.1 Å². The highest BCUT2D eigenvalue weighted by Crippen LogP contribution is 2.26. The second kappa shape index (κ2) is 5.85. The average molecular weight is 254 g/mol. The number of carbonyl (C=O) groups is 1. The number of benzene rings is 1. The lowest BCUT2D eigenvalue weighted by molar-refractivity contribution is -0.384. The van der Waals surface area contributed by atoms with Gasteiger partial charge in [-0.2, -0.15) is 0 Å². The monoisotopic (exact) mass is 254 g/mol. The van der Waals surface area contributed by atoms with Gasteiger partial charge in [-0.05, 0) is 6.92 Å². The van der Waals surface area contributed by atoms with Gasteiger partial charge in [0.15, 0.2) is 0 Å². The number of rotatable bonds is 6. The molecule has 1 atom stereocenters. The van der Waals surface area contributed by atoms with Crippen molar-refractivity contribution in [2.45, 2.75) is 19.4 Å². The highest BCUT2D eigenvalue weighted by molar-refractivity contribution is 5.68. The highest BCUT2D eigenvalue weighted by atomic mass is 16.6. The van der Waals surface area contributed by atoms with Crippen LogP contribution in [-0.4, -0.2) is 29.2 Å². The van der Waals surface area contributed by atoms with Crippen molar-refractivity contribution >= 4 is 17.3 Å². The fourth-order valence-corrected chi connectivity index (χ4v) is 1.49. The Labute approximate surface area is 104 Å². The van der Waals surface area contributed by atoms with E-state index in [9.17, 15) is 14.9 Å². The van der Waals surface area contributed by atoms with Gasteiger partial charge >= 0.3 is 5.97 Å². The van der Waals surface area contributed by atoms with Crippen molar-refractivity contribution in [1.82, 2.24) is 0 Å². The molecule has 1 unspecified atom stereocenters. The second-order valence-electron chi connectivity index (χ2n) is 3.82. The van der Waals surface area contributed by atoms with Gasteiger partial charge in [-0.3, -0.25) is 14.9 Å². The Morgan fingerprint density at radius 1 is 1.56 bits per heavy atom. The topological polar surface area (TPSA) is 102 Å². The molecule has 1 aromatic rings. The summed E-state index contributed by atoms with van der Waals surface area (Å²) in [6.07, 6.45) is -0.0784. The van der Waals surface area contributed by atoms with E-state index in [0.717, 1.165) is 0 Å². The molecule has 0 saturated heterocycles. The number of methoxy groups -OCH3 is 1. The Balaban J connectivity index is 2.90. The number of nitrogens with one attached hydrogen (secondary N) is 1. The lowest BCUT2D eigenvalue weighted by Gasteiger charge is -2.13. The Bertz CT molecular complexity index is 461. The quantitative estimate of drug-likeness (QED) is 0.593. The van der Waals surface area contributed by atoms with Crippen LogP contribution in [0.1, 0.15) is 13.3 Å². The number of nitrogens with zero attached hydrogens (tertiary/aromatic N) is 1. The predicted octanol–water partition coefficient (Wildman–Crippen LogP) is 1.88. The van der Waals surface area contributed by atoms with Gasteiger partial charge in [-0.15, -0.1) is 0 Å². The summed E-state index contributed by atoms with van der Waals surface area (Å²) in [6, 6.07) is 3.87. The molecule has 0 bridgehead atoms. The Hall–Kier alpha value is -2.31. The summed E-state index contributed by atoms with van der Waals surface area (Å²) in [4.78, 5) is 20.7. The van der Waals surface area contributed by atoms with Crippen LogP contribution >= 0.6 is 0 Å². The van der Waals surface area contributed by atoms with E-state index >= 15 is 0 Å². The molecule has 0 fully saturated rings. The summed E-state index contributed by atoms with van der Waals surface area (Å²) < 4.78 is 4.95. The van der Waals surface area contributed by atoms with E-state index in [1.54, 1.807) is 13.0 Å². The predicted molar refractivity (Wildman–Crippen MR) is 65.0 cm³/mol. The fourth-order valence-electron chi connectivity index (χ4n) is 1.49. The SMILES string of the molecule is COc1cc(NC(C)CC(=O)O)cc([N+](=O)[O-])c1. The summed E-state index contributed by atoms with van der Waals surface area (Å²) in [5, 5.41) is 22.2. The van der Waals surface area contributed by atoms with E-state index in [2.05, 4.69) is 5.32 Å². The van der Waals surface area contributed by atoms with Crippen LogP contribution in [0.4, 0.5) is 11.4 Å². The third-order valence-corrected chi connectivity index (χ3v) is 2.23. The van der Waals surface area contributed by atoms with Crippen molar-refractivity contribution in [2.75, 3.05) is 12.4 Å². The highest BCUT2D eigenvalue weighted by Gasteiger charge is 2.13. The molecule has 0 spiro atoms. The van der Waals surface area contributed by atoms with E-state index in [-0.39, 0.29) is 18.2 Å². The molecule has 1 aromatic carbocycles. The van der Waals surface area contributed by atoms with Gasteiger partial charge < -0.3 is 15.2 Å². The average Bonchev–Trinajstić information content (AvgIpc) is 2.27. The van der Waals surface area contributed by atoms with E-state index in [4.69, 9.17) is 9.84 Å². The van der Waals surface area contributed by atoms with Gasteiger partial charge in [0.2, 0.25) is 0 Å². The van der Waals surface area contributed by atoms with E-state index in [1.807, 2.05) is 0 Å². The lowest BCUT2D eigenvalue weighted by atomic mass is 10.2. The van der Waals surface area contributed by atoms with Crippen molar-refractivity contribution in [3.05, 3.63) is 28.3 Å². The van der Waals surface area contributed by atoms with Gasteiger partial charge in [0, 0.05) is 23.9 Å². The Kier molecular flexibility index (Phi) is 4.47. The number of carboxylic acids is 1. The molecular weight excluding hydrogens is 240 g/mol. The van der Waals surface area contributed by atoms with E-state index in [1.165, 1.54) is 19.2 Å². The fraction of sp³-hybridized carbons (Fsp3) is 0.364. The minimum Gasteiger partial charge on any atom is -0.496 e. The maximum Gasteiger partial charge on any atom is 0.305 e. The number of anilines is 1. The minimum absolute atomic E-state index is 0.0784. The van der Waals surface area contributed by atoms with Crippen LogP contribution in [0.3, 0.4) is 0 Å². The Morgan fingerprint density at radius 2 is 2.22 bits per heavy atom. The molecule has 1 rings (SSSR count). The van der Waals surface area contributed by atoms with Gasteiger partial charge in [0.1, 0.15) is 5.75 Å². The third-order valence-electron chi connectivity index (χ3n) is 2.23. The van der Waals surface area contributed by atoms with E-state index in [0.29, 0.717) is 11.4 Å². The summed E-state index contributed by atoms with van der Waals surface area (Å²) in [6.45, 7) is 1.68. The Morgan fingerprint density at radius 3 is 2.72 bits per heavy atom. The number of carboxylic acid groups (broad SMARTS) is 1. The first-order valence-corrected chi connectivity index (χ1v) is 5.24. The number of aliphatic carboxylic acids is 1. The van der Waals surface area contributed by atoms with Crippen molar-refractivity contribution in [1.29, 1.82) is 0 Å². The lowest BCUT2D eigenvalue weighted by Crippen LogP contribution is -2.19. The van der Waals surface area contributed by atoms with Gasteiger partial charge in [0.05, 0.1) is 24.5 Å². The molecule has 0 aliphatic carbocycles. The normalized spacial score (nSPS) is 11.7. The third kappa shape index (κ3) is 3.93. The summed E-state index contributed by atoms with van der Waals surface area (Å²) >= 11 is 0. The molecule has 0 amide bonds. The zero-order chi connectivity index (χ0) is 13.7. The molecule has 98 valence electrons. The van der Waals surface area contributed by atoms with Crippen molar-refractivity contribution < 1.29 is 19.6 Å². The molecule has 0 radical (unpaired) electrons. The number of nitro groups is 1. The number of hydrogen-bond acceptors (Lipinski definition) is 5. The minimum atomic E-state index is -0.938. The summed E-state index contributed by atoms with van der Waals surface area (Å²) in [5.41, 5.74) is 0.342. The molecule has 2 N–H and O–H groups in total. The van der Waals surface area contributed by atoms with Crippen molar-refractivity contribution in [2.24, 2.45) is 0 Å². The number of ether oxygens (including phenoxy) is 1. The smallest absolute Gasteiger partial charge is 0.305 e. The van der Waals surface area contributed by atoms with Gasteiger partial charge in [0.25, 0.3) is 5.69 Å². The first-order chi connectivity index (χ1) is 8.42. The molecule has 7 heteroatoms. The summed E-state index contributed by atoms with van der Waals surface area (Å²) in [5.74, 6) is -0.596. The standard InChI is InChI=1S/C11H14N2O5/c1-7(3-11(14)15)12-8-4-9(13(16)17)6-10(5-8)18-2/h4-7,12H,3H2,1-2H3,(H,14,15). The first kappa shape index (κ1) is 13.8. The van der Waals surface area contributed by atoms with Crippen LogP contribution in [0.15, 0.2) is 18.2 Å². The molecule has 18 heavy (non-hydrogen) atoms. The van der Waals surface area contributed by atoms with Gasteiger partial charge in [-0.1, -0.05) is 0 Å². The second-order valence-corrected chi connectivity index (χ2v) is 3.82. The zero-order valence-electron chi connectivity index (χ0n) is 10.0. The van der Waals surface area contributed by atoms with Crippen LogP contribution in [-0.2, 0) is 4.79 Å².